The lowest BCUT2D eigenvalue weighted by atomic mass is 9.45. The van der Waals surface area contributed by atoms with Crippen molar-refractivity contribution in [2.24, 2.45) is 34.5 Å². The van der Waals surface area contributed by atoms with Gasteiger partial charge < -0.3 is 9.47 Å². The molecule has 8 atom stereocenters. The molecule has 0 spiro atoms. The zero-order chi connectivity index (χ0) is 24.4. The molecule has 10 heteroatoms. The number of carbonyl (C=O) groups excluding carboxylic acids is 2. The van der Waals surface area contributed by atoms with Crippen LogP contribution in [0.25, 0.3) is 0 Å². The maximum Gasteiger partial charge on any atom is 0.490 e. The molecule has 0 aromatic heterocycles. The summed E-state index contributed by atoms with van der Waals surface area (Å²) in [6, 6.07) is 0. The van der Waals surface area contributed by atoms with Gasteiger partial charge in [-0.15, -0.1) is 0 Å². The molecular formula is C23H30F6O4. The first kappa shape index (κ1) is 24.6. The van der Waals surface area contributed by atoms with E-state index in [-0.39, 0.29) is 23.2 Å². The number of carbonyl (C=O) groups is 2. The van der Waals surface area contributed by atoms with E-state index in [9.17, 15) is 35.9 Å². The Morgan fingerprint density at radius 1 is 0.727 bits per heavy atom. The molecule has 0 N–H and O–H groups in total. The average Bonchev–Trinajstić information content (AvgIpc) is 3.03. The Hall–Kier alpha value is -1.48. The van der Waals surface area contributed by atoms with Crippen LogP contribution in [0.2, 0.25) is 0 Å². The lowest BCUT2D eigenvalue weighted by Gasteiger charge is -2.60. The normalized spacial score (nSPS) is 43.2. The highest BCUT2D eigenvalue weighted by molar-refractivity contribution is 5.76. The van der Waals surface area contributed by atoms with Crippen LogP contribution in [0.15, 0.2) is 0 Å². The quantitative estimate of drug-likeness (QED) is 0.358. The van der Waals surface area contributed by atoms with E-state index in [1.807, 2.05) is 6.92 Å². The Labute approximate surface area is 188 Å². The van der Waals surface area contributed by atoms with E-state index >= 15 is 0 Å². The highest BCUT2D eigenvalue weighted by Crippen LogP contribution is 2.66. The van der Waals surface area contributed by atoms with Crippen LogP contribution in [0.5, 0.6) is 0 Å². The fourth-order valence-corrected chi connectivity index (χ4v) is 7.89. The first-order valence-corrected chi connectivity index (χ1v) is 11.7. The Morgan fingerprint density at radius 3 is 1.94 bits per heavy atom. The third-order valence-corrected chi connectivity index (χ3v) is 9.52. The summed E-state index contributed by atoms with van der Waals surface area (Å²) in [6.45, 7) is 4.12. The molecule has 4 rings (SSSR count). The fraction of sp³-hybridized carbons (Fsp3) is 0.913. The van der Waals surface area contributed by atoms with Crippen LogP contribution in [-0.4, -0.2) is 36.5 Å². The molecular weight excluding hydrogens is 454 g/mol. The summed E-state index contributed by atoms with van der Waals surface area (Å²) in [5.74, 6) is -3.37. The van der Waals surface area contributed by atoms with Gasteiger partial charge in [0.25, 0.3) is 0 Å². The van der Waals surface area contributed by atoms with Crippen LogP contribution < -0.4 is 0 Å². The molecule has 4 nitrogen and oxygen atoms in total. The molecule has 0 saturated heterocycles. The minimum absolute atomic E-state index is 0.105. The number of rotatable bonds is 2. The molecule has 0 heterocycles. The molecule has 4 saturated carbocycles. The second kappa shape index (κ2) is 8.04. The Kier molecular flexibility index (Phi) is 6.00. The number of hydrogen-bond donors (Lipinski definition) is 0. The second-order valence-electron chi connectivity index (χ2n) is 11.0. The van der Waals surface area contributed by atoms with E-state index in [0.29, 0.717) is 44.4 Å². The highest BCUT2D eigenvalue weighted by atomic mass is 19.4. The molecule has 0 radical (unpaired) electrons. The smallest absolute Gasteiger partial charge is 0.456 e. The molecule has 0 aromatic rings. The molecule has 0 aliphatic heterocycles. The van der Waals surface area contributed by atoms with Gasteiger partial charge in [-0.2, -0.15) is 26.3 Å². The minimum Gasteiger partial charge on any atom is -0.456 e. The van der Waals surface area contributed by atoms with E-state index in [1.165, 1.54) is 0 Å². The van der Waals surface area contributed by atoms with Crippen LogP contribution in [0.3, 0.4) is 0 Å². The molecule has 3 unspecified atom stereocenters. The van der Waals surface area contributed by atoms with Crippen molar-refractivity contribution in [3.05, 3.63) is 0 Å². The van der Waals surface area contributed by atoms with Gasteiger partial charge in [-0.1, -0.05) is 13.8 Å². The van der Waals surface area contributed by atoms with Gasteiger partial charge in [0.05, 0.1) is 0 Å². The first-order valence-electron chi connectivity index (χ1n) is 11.7. The molecule has 0 bridgehead atoms. The molecule has 4 aliphatic rings. The Balaban J connectivity index is 1.45. The monoisotopic (exact) mass is 484 g/mol. The molecule has 188 valence electrons. The van der Waals surface area contributed by atoms with E-state index in [2.05, 4.69) is 6.92 Å². The van der Waals surface area contributed by atoms with E-state index in [0.717, 1.165) is 19.3 Å². The lowest BCUT2D eigenvalue weighted by Crippen LogP contribution is -2.55. The zero-order valence-corrected chi connectivity index (χ0v) is 18.7. The Morgan fingerprint density at radius 2 is 1.30 bits per heavy atom. The summed E-state index contributed by atoms with van der Waals surface area (Å²) >= 11 is 0. The summed E-state index contributed by atoms with van der Waals surface area (Å²) in [6.07, 6.45) is -5.84. The zero-order valence-electron chi connectivity index (χ0n) is 18.7. The lowest BCUT2D eigenvalue weighted by molar-refractivity contribution is -0.215. The molecule has 0 aromatic carbocycles. The van der Waals surface area contributed by atoms with Gasteiger partial charge >= 0.3 is 24.3 Å². The second-order valence-corrected chi connectivity index (χ2v) is 11.0. The summed E-state index contributed by atoms with van der Waals surface area (Å²) in [5, 5.41) is 0. The highest BCUT2D eigenvalue weighted by Gasteiger charge is 2.62. The molecule has 33 heavy (non-hydrogen) atoms. The fourth-order valence-electron chi connectivity index (χ4n) is 7.89. The van der Waals surface area contributed by atoms with Gasteiger partial charge in [-0.3, -0.25) is 0 Å². The number of fused-ring (bicyclic) bond motifs is 5. The van der Waals surface area contributed by atoms with Crippen molar-refractivity contribution >= 4 is 11.9 Å². The third-order valence-electron chi connectivity index (χ3n) is 9.52. The third kappa shape index (κ3) is 4.24. The van der Waals surface area contributed by atoms with Gasteiger partial charge in [0.2, 0.25) is 0 Å². The van der Waals surface area contributed by atoms with Crippen molar-refractivity contribution in [2.45, 2.75) is 96.2 Å². The standard InChI is InChI=1S/C23H30F6O4/c1-20-9-7-13(32-18(30)22(24,25)26)11-12(20)3-4-14-15-5-6-17(33-19(31)23(27,28)29)21(15,2)10-8-16(14)20/h12-17H,3-11H2,1-2H3/t12-,13+,14?,15?,16?,17-,20+,21+/m1/s1. The number of alkyl halides is 6. The average molecular weight is 484 g/mol. The summed E-state index contributed by atoms with van der Waals surface area (Å²) in [7, 11) is 0. The molecule has 4 aliphatic carbocycles. The van der Waals surface area contributed by atoms with E-state index in [4.69, 9.17) is 9.47 Å². The van der Waals surface area contributed by atoms with E-state index < -0.39 is 41.9 Å². The number of ether oxygens (including phenoxy) is 2. The minimum atomic E-state index is -5.01. The molecule has 0 amide bonds. The maximum atomic E-state index is 12.8. The van der Waals surface area contributed by atoms with Crippen molar-refractivity contribution in [1.29, 1.82) is 0 Å². The molecule has 4 fully saturated rings. The summed E-state index contributed by atoms with van der Waals surface area (Å²) < 4.78 is 85.8. The predicted molar refractivity (Wildman–Crippen MR) is 104 cm³/mol. The van der Waals surface area contributed by atoms with E-state index in [1.54, 1.807) is 0 Å². The number of halogens is 6. The van der Waals surface area contributed by atoms with Crippen LogP contribution in [0.1, 0.15) is 71.6 Å². The first-order chi connectivity index (χ1) is 15.2. The van der Waals surface area contributed by atoms with Crippen LogP contribution in [-0.2, 0) is 19.1 Å². The topological polar surface area (TPSA) is 52.6 Å². The van der Waals surface area contributed by atoms with Crippen LogP contribution in [0, 0.1) is 34.5 Å². The van der Waals surface area contributed by atoms with Gasteiger partial charge in [0.15, 0.2) is 0 Å². The predicted octanol–water partition coefficient (Wildman–Crippen LogP) is 5.98. The summed E-state index contributed by atoms with van der Waals surface area (Å²) in [5.41, 5.74) is -0.600. The SMILES string of the molecule is C[C@]12CCC3C(CC[C@@H]4C[C@@H](OC(=O)C(F)(F)F)CC[C@]34C)C1CC[C@H]2OC(=O)C(F)(F)F. The van der Waals surface area contributed by atoms with Crippen LogP contribution in [0.4, 0.5) is 26.3 Å². The van der Waals surface area contributed by atoms with Gasteiger partial charge in [0, 0.05) is 5.41 Å². The van der Waals surface area contributed by atoms with Gasteiger partial charge in [0.1, 0.15) is 12.2 Å². The van der Waals surface area contributed by atoms with Crippen molar-refractivity contribution in [3.8, 4) is 0 Å². The largest absolute Gasteiger partial charge is 0.490 e. The van der Waals surface area contributed by atoms with Crippen molar-refractivity contribution in [3.63, 3.8) is 0 Å². The van der Waals surface area contributed by atoms with Crippen molar-refractivity contribution < 1.29 is 45.4 Å². The Bertz CT molecular complexity index is 795. The maximum absolute atomic E-state index is 12.8. The van der Waals surface area contributed by atoms with Gasteiger partial charge in [-0.05, 0) is 86.9 Å². The number of hydrogen-bond acceptors (Lipinski definition) is 4. The summed E-state index contributed by atoms with van der Waals surface area (Å²) in [4.78, 5) is 22.8. The van der Waals surface area contributed by atoms with Gasteiger partial charge in [-0.25, -0.2) is 9.59 Å². The number of esters is 2. The van der Waals surface area contributed by atoms with Crippen molar-refractivity contribution in [1.82, 2.24) is 0 Å². The van der Waals surface area contributed by atoms with Crippen LogP contribution >= 0.6 is 0 Å². The van der Waals surface area contributed by atoms with Crippen molar-refractivity contribution in [2.75, 3.05) is 0 Å².